The van der Waals surface area contributed by atoms with E-state index in [-0.39, 0.29) is 5.91 Å². The summed E-state index contributed by atoms with van der Waals surface area (Å²) in [6.45, 7) is 2.54. The summed E-state index contributed by atoms with van der Waals surface area (Å²) in [4.78, 5) is 12.4. The van der Waals surface area contributed by atoms with E-state index >= 15 is 0 Å². The first-order valence-electron chi connectivity index (χ1n) is 8.48. The number of nitriles is 1. The number of nitrogens with zero attached hydrogens (tertiary/aromatic N) is 1. The molecule has 3 nitrogen and oxygen atoms in total. The molecule has 1 saturated carbocycles. The lowest BCUT2D eigenvalue weighted by Gasteiger charge is -2.19. The van der Waals surface area contributed by atoms with Crippen LogP contribution >= 0.6 is 0 Å². The fourth-order valence-electron chi connectivity index (χ4n) is 3.41. The highest BCUT2D eigenvalue weighted by Crippen LogP contribution is 2.37. The molecule has 1 aliphatic rings. The second-order valence-corrected chi connectivity index (χ2v) is 6.65. The molecule has 3 rings (SSSR count). The molecule has 0 atom stereocenters. The Morgan fingerprint density at radius 2 is 1.79 bits per heavy atom. The van der Waals surface area contributed by atoms with Gasteiger partial charge in [-0.25, -0.2) is 0 Å². The van der Waals surface area contributed by atoms with Gasteiger partial charge in [0.05, 0.1) is 6.07 Å². The highest BCUT2D eigenvalue weighted by Gasteiger charge is 2.41. The largest absolute Gasteiger partial charge is 0.351 e. The molecule has 0 aromatic heterocycles. The first-order valence-corrected chi connectivity index (χ1v) is 8.48. The Kier molecular flexibility index (Phi) is 4.66. The molecule has 3 heteroatoms. The van der Waals surface area contributed by atoms with E-state index < -0.39 is 5.41 Å². The van der Waals surface area contributed by atoms with Crippen LogP contribution in [0.4, 0.5) is 0 Å². The summed E-state index contributed by atoms with van der Waals surface area (Å²) in [5, 5.41) is 12.4. The van der Waals surface area contributed by atoms with E-state index in [9.17, 15) is 10.1 Å². The van der Waals surface area contributed by atoms with Crippen LogP contribution in [0, 0.1) is 23.7 Å². The molecule has 1 N–H and O–H groups in total. The maximum atomic E-state index is 12.4. The Hall–Kier alpha value is -2.60. The Bertz CT molecular complexity index is 782. The third-order valence-corrected chi connectivity index (χ3v) is 4.84. The summed E-state index contributed by atoms with van der Waals surface area (Å²) >= 11 is 0. The van der Waals surface area contributed by atoms with Gasteiger partial charge >= 0.3 is 0 Å². The van der Waals surface area contributed by atoms with Crippen LogP contribution in [0.15, 0.2) is 48.5 Å². The van der Waals surface area contributed by atoms with Crippen LogP contribution < -0.4 is 5.32 Å². The molecule has 1 aliphatic carbocycles. The van der Waals surface area contributed by atoms with Crippen LogP contribution in [0.3, 0.4) is 0 Å². The van der Waals surface area contributed by atoms with E-state index in [0.717, 1.165) is 24.0 Å². The summed E-state index contributed by atoms with van der Waals surface area (Å²) in [6, 6.07) is 18.8. The zero-order chi connectivity index (χ0) is 17.0. The zero-order valence-electron chi connectivity index (χ0n) is 14.0. The summed E-state index contributed by atoms with van der Waals surface area (Å²) in [5.74, 6) is -0.122. The fraction of sp³-hybridized carbons (Fsp3) is 0.333. The molecule has 0 bridgehead atoms. The van der Waals surface area contributed by atoms with Crippen molar-refractivity contribution in [1.82, 2.24) is 5.32 Å². The number of carbonyl (C=O) groups is 1. The predicted octanol–water partition coefficient (Wildman–Crippen LogP) is 4.36. The monoisotopic (exact) mass is 318 g/mol. The molecule has 0 radical (unpaired) electrons. The number of aryl methyl sites for hydroxylation is 1. The number of hydrogen-bond donors (Lipinski definition) is 1. The first-order chi connectivity index (χ1) is 11.6. The maximum absolute atomic E-state index is 12.4. The van der Waals surface area contributed by atoms with Crippen molar-refractivity contribution in [1.29, 1.82) is 5.26 Å². The van der Waals surface area contributed by atoms with Crippen molar-refractivity contribution in [3.8, 4) is 17.2 Å². The number of hydrogen-bond acceptors (Lipinski definition) is 2. The van der Waals surface area contributed by atoms with Gasteiger partial charge in [0.2, 0.25) is 5.91 Å². The molecule has 0 heterocycles. The highest BCUT2D eigenvalue weighted by molar-refractivity contribution is 5.85. The Morgan fingerprint density at radius 1 is 1.12 bits per heavy atom. The van der Waals surface area contributed by atoms with Gasteiger partial charge in [-0.05, 0) is 42.5 Å². The van der Waals surface area contributed by atoms with Crippen molar-refractivity contribution in [3.63, 3.8) is 0 Å². The van der Waals surface area contributed by atoms with Gasteiger partial charge in [0.25, 0.3) is 0 Å². The second-order valence-electron chi connectivity index (χ2n) is 6.65. The van der Waals surface area contributed by atoms with E-state index in [1.807, 2.05) is 12.1 Å². The lowest BCUT2D eigenvalue weighted by molar-refractivity contribution is -0.128. The lowest BCUT2D eigenvalue weighted by atomic mass is 9.87. The minimum absolute atomic E-state index is 0.122. The smallest absolute Gasteiger partial charge is 0.240 e. The normalized spacial score (nSPS) is 15.7. The topological polar surface area (TPSA) is 52.9 Å². The molecule has 1 amide bonds. The summed E-state index contributed by atoms with van der Waals surface area (Å²) < 4.78 is 0. The van der Waals surface area contributed by atoms with Gasteiger partial charge in [0, 0.05) is 6.54 Å². The quantitative estimate of drug-likeness (QED) is 0.910. The van der Waals surface area contributed by atoms with Gasteiger partial charge in [-0.1, -0.05) is 60.9 Å². The molecule has 1 fully saturated rings. The van der Waals surface area contributed by atoms with Crippen LogP contribution in [0.25, 0.3) is 11.1 Å². The Morgan fingerprint density at radius 3 is 2.46 bits per heavy atom. The molecule has 2 aromatic carbocycles. The minimum Gasteiger partial charge on any atom is -0.351 e. The van der Waals surface area contributed by atoms with Crippen molar-refractivity contribution in [2.75, 3.05) is 0 Å². The van der Waals surface area contributed by atoms with E-state index in [0.29, 0.717) is 19.4 Å². The SMILES string of the molecule is Cc1cccc(-c2cccc(CNC(=O)C3(C#N)CCCC3)c2)c1. The molecule has 0 saturated heterocycles. The lowest BCUT2D eigenvalue weighted by Crippen LogP contribution is -2.37. The van der Waals surface area contributed by atoms with Crippen molar-refractivity contribution in [2.24, 2.45) is 5.41 Å². The summed E-state index contributed by atoms with van der Waals surface area (Å²) in [7, 11) is 0. The van der Waals surface area contributed by atoms with Crippen LogP contribution in [-0.4, -0.2) is 5.91 Å². The summed E-state index contributed by atoms with van der Waals surface area (Å²) in [6.07, 6.45) is 3.28. The molecule has 2 aromatic rings. The van der Waals surface area contributed by atoms with Gasteiger partial charge in [-0.2, -0.15) is 5.26 Å². The van der Waals surface area contributed by atoms with E-state index in [1.165, 1.54) is 11.1 Å². The second kappa shape index (κ2) is 6.88. The van der Waals surface area contributed by atoms with Crippen LogP contribution in [0.2, 0.25) is 0 Å². The maximum Gasteiger partial charge on any atom is 0.240 e. The molecule has 0 aliphatic heterocycles. The number of rotatable bonds is 4. The average Bonchev–Trinajstić information content (AvgIpc) is 3.10. The van der Waals surface area contributed by atoms with Crippen LogP contribution in [0.1, 0.15) is 36.8 Å². The van der Waals surface area contributed by atoms with E-state index in [1.54, 1.807) is 0 Å². The van der Waals surface area contributed by atoms with E-state index in [4.69, 9.17) is 0 Å². The van der Waals surface area contributed by atoms with E-state index in [2.05, 4.69) is 54.7 Å². The Balaban J connectivity index is 1.71. The van der Waals surface area contributed by atoms with Gasteiger partial charge in [0.15, 0.2) is 0 Å². The molecule has 24 heavy (non-hydrogen) atoms. The number of nitrogens with one attached hydrogen (secondary N) is 1. The van der Waals surface area contributed by atoms with Crippen LogP contribution in [0.5, 0.6) is 0 Å². The van der Waals surface area contributed by atoms with Gasteiger partial charge in [-0.3, -0.25) is 4.79 Å². The third kappa shape index (κ3) is 3.33. The van der Waals surface area contributed by atoms with Gasteiger partial charge < -0.3 is 5.32 Å². The fourth-order valence-corrected chi connectivity index (χ4v) is 3.41. The van der Waals surface area contributed by atoms with Crippen molar-refractivity contribution < 1.29 is 4.79 Å². The van der Waals surface area contributed by atoms with Gasteiger partial charge in [-0.15, -0.1) is 0 Å². The van der Waals surface area contributed by atoms with Crippen molar-refractivity contribution >= 4 is 5.91 Å². The highest BCUT2D eigenvalue weighted by atomic mass is 16.2. The molecular formula is C21H22N2O. The molecular weight excluding hydrogens is 296 g/mol. The Labute approximate surface area is 143 Å². The summed E-state index contributed by atoms with van der Waals surface area (Å²) in [5.41, 5.74) is 3.78. The molecule has 0 spiro atoms. The first kappa shape index (κ1) is 16.3. The molecule has 0 unspecified atom stereocenters. The van der Waals surface area contributed by atoms with Crippen molar-refractivity contribution in [2.45, 2.75) is 39.2 Å². The van der Waals surface area contributed by atoms with Gasteiger partial charge in [0.1, 0.15) is 5.41 Å². The number of amides is 1. The molecule has 122 valence electrons. The van der Waals surface area contributed by atoms with Crippen molar-refractivity contribution in [3.05, 3.63) is 59.7 Å². The van der Waals surface area contributed by atoms with Crippen LogP contribution in [-0.2, 0) is 11.3 Å². The minimum atomic E-state index is -0.811. The number of benzene rings is 2. The zero-order valence-corrected chi connectivity index (χ0v) is 14.0. The predicted molar refractivity (Wildman–Crippen MR) is 95.0 cm³/mol. The average molecular weight is 318 g/mol. The number of carbonyl (C=O) groups excluding carboxylic acids is 1. The standard InChI is InChI=1S/C21H22N2O/c1-16-6-4-8-18(12-16)19-9-5-7-17(13-19)14-23-20(24)21(15-22)10-2-3-11-21/h4-9,12-13H,2-3,10-11,14H2,1H3,(H,23,24). The third-order valence-electron chi connectivity index (χ3n) is 4.84.